The minimum absolute atomic E-state index is 0.186. The van der Waals surface area contributed by atoms with Gasteiger partial charge in [0.15, 0.2) is 5.13 Å². The Hall–Kier alpha value is -2.48. The maximum absolute atomic E-state index is 12.2. The Labute approximate surface area is 131 Å². The van der Waals surface area contributed by atoms with E-state index in [1.165, 1.54) is 28.7 Å². The molecule has 0 bridgehead atoms. The molecule has 0 spiro atoms. The van der Waals surface area contributed by atoms with Gasteiger partial charge in [-0.05, 0) is 32.0 Å². The van der Waals surface area contributed by atoms with Crippen LogP contribution in [-0.2, 0) is 4.79 Å². The van der Waals surface area contributed by atoms with E-state index < -0.39 is 6.04 Å². The van der Waals surface area contributed by atoms with Crippen molar-refractivity contribution >= 4 is 32.6 Å². The summed E-state index contributed by atoms with van der Waals surface area (Å²) in [6.07, 6.45) is 2.91. The molecule has 22 heavy (non-hydrogen) atoms. The van der Waals surface area contributed by atoms with Crippen molar-refractivity contribution in [3.63, 3.8) is 0 Å². The molecular weight excluding hydrogens is 302 g/mol. The Morgan fingerprint density at radius 2 is 2.36 bits per heavy atom. The molecule has 0 saturated carbocycles. The maximum atomic E-state index is 12.2. The predicted octanol–water partition coefficient (Wildman–Crippen LogP) is 2.49. The number of amides is 1. The monoisotopic (exact) mass is 317 g/mol. The highest BCUT2D eigenvalue weighted by molar-refractivity contribution is 7.22. The predicted molar refractivity (Wildman–Crippen MR) is 84.2 cm³/mol. The number of ether oxygens (including phenoxy) is 1. The van der Waals surface area contributed by atoms with Crippen molar-refractivity contribution in [3.8, 4) is 5.75 Å². The molecule has 1 aromatic carbocycles. The number of fused-ring (bicyclic) bond motifs is 1. The van der Waals surface area contributed by atoms with E-state index in [1.54, 1.807) is 6.92 Å². The number of carbonyl (C=O) groups is 1. The average Bonchev–Trinajstić information content (AvgIpc) is 3.15. The van der Waals surface area contributed by atoms with Gasteiger partial charge in [-0.15, -0.1) is 0 Å². The van der Waals surface area contributed by atoms with Crippen LogP contribution in [0.25, 0.3) is 10.2 Å². The van der Waals surface area contributed by atoms with Gasteiger partial charge in [-0.25, -0.2) is 14.6 Å². The fourth-order valence-corrected chi connectivity index (χ4v) is 2.86. The molecule has 114 valence electrons. The first-order valence-electron chi connectivity index (χ1n) is 6.85. The molecule has 3 aromatic rings. The van der Waals surface area contributed by atoms with E-state index >= 15 is 0 Å². The number of carbonyl (C=O) groups excluding carboxylic acids is 1. The van der Waals surface area contributed by atoms with E-state index in [2.05, 4.69) is 20.4 Å². The average molecular weight is 317 g/mol. The summed E-state index contributed by atoms with van der Waals surface area (Å²) < 4.78 is 7.93. The molecule has 3 rings (SSSR count). The zero-order valence-electron chi connectivity index (χ0n) is 12.2. The first-order chi connectivity index (χ1) is 10.7. The number of aromatic nitrogens is 4. The van der Waals surface area contributed by atoms with Crippen LogP contribution in [0.3, 0.4) is 0 Å². The van der Waals surface area contributed by atoms with E-state index in [0.29, 0.717) is 11.7 Å². The Morgan fingerprint density at radius 1 is 1.50 bits per heavy atom. The van der Waals surface area contributed by atoms with Gasteiger partial charge in [-0.1, -0.05) is 11.3 Å². The molecule has 7 nitrogen and oxygen atoms in total. The van der Waals surface area contributed by atoms with Crippen molar-refractivity contribution in [1.82, 2.24) is 19.7 Å². The SMILES string of the molecule is CCOc1ccc2nc(NC(=O)[C@@H](C)n3cncn3)sc2c1. The Balaban J connectivity index is 1.77. The summed E-state index contributed by atoms with van der Waals surface area (Å²) in [6.45, 7) is 4.31. The van der Waals surface area contributed by atoms with Crippen LogP contribution >= 0.6 is 11.3 Å². The van der Waals surface area contributed by atoms with Crippen LogP contribution in [0.5, 0.6) is 5.75 Å². The highest BCUT2D eigenvalue weighted by Crippen LogP contribution is 2.29. The van der Waals surface area contributed by atoms with E-state index in [0.717, 1.165) is 16.0 Å². The number of nitrogens with one attached hydrogen (secondary N) is 1. The molecule has 8 heteroatoms. The number of thiazole rings is 1. The van der Waals surface area contributed by atoms with E-state index in [-0.39, 0.29) is 5.91 Å². The van der Waals surface area contributed by atoms with Crippen LogP contribution in [0.2, 0.25) is 0 Å². The highest BCUT2D eigenvalue weighted by atomic mass is 32.1. The molecule has 0 unspecified atom stereocenters. The summed E-state index contributed by atoms with van der Waals surface area (Å²) in [6, 6.07) is 5.23. The van der Waals surface area contributed by atoms with Crippen molar-refractivity contribution in [2.75, 3.05) is 11.9 Å². The van der Waals surface area contributed by atoms with Gasteiger partial charge >= 0.3 is 0 Å². The lowest BCUT2D eigenvalue weighted by Gasteiger charge is -2.09. The summed E-state index contributed by atoms with van der Waals surface area (Å²) in [5.74, 6) is 0.613. The zero-order chi connectivity index (χ0) is 15.5. The van der Waals surface area contributed by atoms with Crippen LogP contribution in [0.1, 0.15) is 19.9 Å². The summed E-state index contributed by atoms with van der Waals surface area (Å²) in [5, 5.41) is 7.33. The van der Waals surface area contributed by atoms with Crippen LogP contribution in [0, 0.1) is 0 Å². The minimum Gasteiger partial charge on any atom is -0.494 e. The molecule has 1 atom stereocenters. The van der Waals surface area contributed by atoms with Crippen LogP contribution in [0.15, 0.2) is 30.9 Å². The minimum atomic E-state index is -0.450. The van der Waals surface area contributed by atoms with E-state index in [4.69, 9.17) is 4.74 Å². The van der Waals surface area contributed by atoms with Gasteiger partial charge in [0.2, 0.25) is 0 Å². The third kappa shape index (κ3) is 2.91. The number of hydrogen-bond acceptors (Lipinski definition) is 6. The van der Waals surface area contributed by atoms with Crippen molar-refractivity contribution in [3.05, 3.63) is 30.9 Å². The second-order valence-electron chi connectivity index (χ2n) is 4.62. The number of hydrogen-bond donors (Lipinski definition) is 1. The van der Waals surface area contributed by atoms with E-state index in [9.17, 15) is 4.79 Å². The number of anilines is 1. The van der Waals surface area contributed by atoms with Gasteiger partial charge in [-0.3, -0.25) is 4.79 Å². The molecule has 1 amide bonds. The van der Waals surface area contributed by atoms with Crippen LogP contribution in [-0.4, -0.2) is 32.3 Å². The molecular formula is C14H15N5O2S. The summed E-state index contributed by atoms with van der Waals surface area (Å²) in [4.78, 5) is 20.4. The Kier molecular flexibility index (Phi) is 4.01. The lowest BCUT2D eigenvalue weighted by atomic mass is 10.3. The summed E-state index contributed by atoms with van der Waals surface area (Å²) >= 11 is 1.41. The lowest BCUT2D eigenvalue weighted by Crippen LogP contribution is -2.23. The van der Waals surface area contributed by atoms with Gasteiger partial charge in [0.05, 0.1) is 16.8 Å². The summed E-state index contributed by atoms with van der Waals surface area (Å²) in [5.41, 5.74) is 0.831. The number of rotatable bonds is 5. The molecule has 0 radical (unpaired) electrons. The standard InChI is InChI=1S/C14H15N5O2S/c1-3-21-10-4-5-11-12(6-10)22-14(17-11)18-13(20)9(2)19-8-15-7-16-19/h4-9H,3H2,1-2H3,(H,17,18,20)/t9-/m1/s1. The fraction of sp³-hybridized carbons (Fsp3) is 0.286. The lowest BCUT2D eigenvalue weighted by molar-refractivity contribution is -0.119. The van der Waals surface area contributed by atoms with Crippen molar-refractivity contribution in [2.45, 2.75) is 19.9 Å². The third-order valence-corrected chi connectivity index (χ3v) is 4.05. The quantitative estimate of drug-likeness (QED) is 0.782. The van der Waals surface area contributed by atoms with Gasteiger partial charge in [0.1, 0.15) is 24.4 Å². The molecule has 0 aliphatic carbocycles. The first-order valence-corrected chi connectivity index (χ1v) is 7.67. The van der Waals surface area contributed by atoms with Crippen molar-refractivity contribution in [2.24, 2.45) is 0 Å². The second kappa shape index (κ2) is 6.10. The van der Waals surface area contributed by atoms with Crippen LogP contribution in [0.4, 0.5) is 5.13 Å². The zero-order valence-corrected chi connectivity index (χ0v) is 13.0. The van der Waals surface area contributed by atoms with E-state index in [1.807, 2.05) is 25.1 Å². The molecule has 0 aliphatic rings. The molecule has 2 aromatic heterocycles. The molecule has 2 heterocycles. The molecule has 1 N–H and O–H groups in total. The van der Waals surface area contributed by atoms with Crippen molar-refractivity contribution < 1.29 is 9.53 Å². The second-order valence-corrected chi connectivity index (χ2v) is 5.65. The van der Waals surface area contributed by atoms with Gasteiger partial charge in [0.25, 0.3) is 5.91 Å². The number of nitrogens with zero attached hydrogens (tertiary/aromatic N) is 4. The normalized spacial score (nSPS) is 12.3. The van der Waals surface area contributed by atoms with Gasteiger partial charge in [0, 0.05) is 0 Å². The number of benzene rings is 1. The Morgan fingerprint density at radius 3 is 3.09 bits per heavy atom. The molecule has 0 saturated heterocycles. The van der Waals surface area contributed by atoms with Gasteiger partial charge in [-0.2, -0.15) is 5.10 Å². The van der Waals surface area contributed by atoms with Crippen molar-refractivity contribution in [1.29, 1.82) is 0 Å². The summed E-state index contributed by atoms with van der Waals surface area (Å²) in [7, 11) is 0. The molecule has 0 fully saturated rings. The fourth-order valence-electron chi connectivity index (χ4n) is 1.96. The maximum Gasteiger partial charge on any atom is 0.250 e. The van der Waals surface area contributed by atoms with Crippen LogP contribution < -0.4 is 10.1 Å². The van der Waals surface area contributed by atoms with Gasteiger partial charge < -0.3 is 10.1 Å². The molecule has 0 aliphatic heterocycles. The highest BCUT2D eigenvalue weighted by Gasteiger charge is 2.17. The topological polar surface area (TPSA) is 81.9 Å². The smallest absolute Gasteiger partial charge is 0.250 e. The Bertz CT molecular complexity index is 784. The largest absolute Gasteiger partial charge is 0.494 e. The first kappa shape index (κ1) is 14.5. The third-order valence-electron chi connectivity index (χ3n) is 3.11.